The molecule has 28 heavy (non-hydrogen) atoms. The SMILES string of the molecule is CC1CCCCN1CCC(=O)Nc1ccccc1-c1nc2ccccc2[nH]1.Cl. The van der Waals surface area contributed by atoms with Crippen molar-refractivity contribution in [1.29, 1.82) is 0 Å². The Hall–Kier alpha value is -2.37. The van der Waals surface area contributed by atoms with Crippen molar-refractivity contribution in [2.75, 3.05) is 18.4 Å². The van der Waals surface area contributed by atoms with Gasteiger partial charge in [-0.3, -0.25) is 4.79 Å². The molecule has 1 aliphatic heterocycles. The van der Waals surface area contributed by atoms with Crippen LogP contribution in [0.2, 0.25) is 0 Å². The van der Waals surface area contributed by atoms with E-state index in [0.29, 0.717) is 12.5 Å². The van der Waals surface area contributed by atoms with Gasteiger partial charge in [0.2, 0.25) is 5.91 Å². The van der Waals surface area contributed by atoms with Crippen molar-refractivity contribution in [2.45, 2.75) is 38.6 Å². The average Bonchev–Trinajstić information content (AvgIpc) is 3.12. The molecule has 5 nitrogen and oxygen atoms in total. The van der Waals surface area contributed by atoms with E-state index in [1.54, 1.807) is 0 Å². The lowest BCUT2D eigenvalue weighted by Crippen LogP contribution is -2.39. The molecule has 4 rings (SSSR count). The number of hydrogen-bond acceptors (Lipinski definition) is 3. The highest BCUT2D eigenvalue weighted by atomic mass is 35.5. The Morgan fingerprint density at radius 1 is 1.18 bits per heavy atom. The molecule has 1 aromatic heterocycles. The van der Waals surface area contributed by atoms with Crippen LogP contribution in [0.3, 0.4) is 0 Å². The highest BCUT2D eigenvalue weighted by molar-refractivity contribution is 5.95. The van der Waals surface area contributed by atoms with E-state index in [2.05, 4.69) is 27.1 Å². The molecule has 2 heterocycles. The second-order valence-corrected chi connectivity index (χ2v) is 7.33. The number of aromatic nitrogens is 2. The Morgan fingerprint density at radius 3 is 2.79 bits per heavy atom. The number of amides is 1. The minimum absolute atomic E-state index is 0. The van der Waals surface area contributed by atoms with Crippen molar-refractivity contribution in [3.63, 3.8) is 0 Å². The topological polar surface area (TPSA) is 61.0 Å². The lowest BCUT2D eigenvalue weighted by molar-refractivity contribution is -0.116. The third-order valence-corrected chi connectivity index (χ3v) is 5.41. The lowest BCUT2D eigenvalue weighted by atomic mass is 10.0. The number of carbonyl (C=O) groups excluding carboxylic acids is 1. The second-order valence-electron chi connectivity index (χ2n) is 7.33. The van der Waals surface area contributed by atoms with E-state index in [-0.39, 0.29) is 18.3 Å². The average molecular weight is 399 g/mol. The summed E-state index contributed by atoms with van der Waals surface area (Å²) in [6.45, 7) is 4.18. The number of imidazole rings is 1. The van der Waals surface area contributed by atoms with Crippen molar-refractivity contribution in [2.24, 2.45) is 0 Å². The normalized spacial score (nSPS) is 17.2. The molecule has 2 N–H and O–H groups in total. The molecule has 148 valence electrons. The molecule has 1 unspecified atom stereocenters. The molecule has 0 radical (unpaired) electrons. The van der Waals surface area contributed by atoms with Crippen LogP contribution in [0.5, 0.6) is 0 Å². The molecule has 1 amide bonds. The molecule has 1 saturated heterocycles. The fraction of sp³-hybridized carbons (Fsp3) is 0.364. The van der Waals surface area contributed by atoms with Gasteiger partial charge in [0.1, 0.15) is 5.82 Å². The number of H-pyrrole nitrogens is 1. The van der Waals surface area contributed by atoms with Gasteiger partial charge in [-0.25, -0.2) is 4.98 Å². The van der Waals surface area contributed by atoms with Crippen LogP contribution in [0.15, 0.2) is 48.5 Å². The summed E-state index contributed by atoms with van der Waals surface area (Å²) in [6, 6.07) is 16.4. The highest BCUT2D eigenvalue weighted by Crippen LogP contribution is 2.27. The number of hydrogen-bond donors (Lipinski definition) is 2. The Labute approximate surface area is 172 Å². The van der Waals surface area contributed by atoms with Crippen molar-refractivity contribution in [3.8, 4) is 11.4 Å². The molecule has 3 aromatic rings. The first-order valence-electron chi connectivity index (χ1n) is 9.79. The maximum absolute atomic E-state index is 12.5. The quantitative estimate of drug-likeness (QED) is 0.645. The fourth-order valence-electron chi connectivity index (χ4n) is 3.83. The van der Waals surface area contributed by atoms with Gasteiger partial charge in [-0.2, -0.15) is 0 Å². The van der Waals surface area contributed by atoms with E-state index in [1.807, 2.05) is 48.5 Å². The lowest BCUT2D eigenvalue weighted by Gasteiger charge is -2.33. The first-order valence-corrected chi connectivity index (χ1v) is 9.79. The number of rotatable bonds is 5. The number of piperidine rings is 1. The number of fused-ring (bicyclic) bond motifs is 1. The predicted molar refractivity (Wildman–Crippen MR) is 117 cm³/mol. The summed E-state index contributed by atoms with van der Waals surface area (Å²) in [5.41, 5.74) is 3.63. The van der Waals surface area contributed by atoms with Crippen molar-refractivity contribution in [3.05, 3.63) is 48.5 Å². The molecule has 1 fully saturated rings. The highest BCUT2D eigenvalue weighted by Gasteiger charge is 2.19. The Balaban J connectivity index is 0.00000225. The van der Waals surface area contributed by atoms with Gasteiger partial charge in [0.15, 0.2) is 0 Å². The molecule has 0 saturated carbocycles. The van der Waals surface area contributed by atoms with Crippen LogP contribution < -0.4 is 5.32 Å². The number of nitrogens with zero attached hydrogens (tertiary/aromatic N) is 2. The number of aromatic amines is 1. The summed E-state index contributed by atoms with van der Waals surface area (Å²) in [6.07, 6.45) is 4.28. The molecular weight excluding hydrogens is 372 g/mol. The zero-order chi connectivity index (χ0) is 18.6. The zero-order valence-electron chi connectivity index (χ0n) is 16.1. The summed E-state index contributed by atoms with van der Waals surface area (Å²) in [5, 5.41) is 3.08. The van der Waals surface area contributed by atoms with E-state index in [9.17, 15) is 4.79 Å². The van der Waals surface area contributed by atoms with Crippen LogP contribution in [0.4, 0.5) is 5.69 Å². The van der Waals surface area contributed by atoms with E-state index < -0.39 is 0 Å². The Kier molecular flexibility index (Phi) is 6.70. The van der Waals surface area contributed by atoms with Gasteiger partial charge in [0.05, 0.1) is 16.7 Å². The predicted octanol–water partition coefficient (Wildman–Crippen LogP) is 4.85. The molecule has 1 aliphatic rings. The van der Waals surface area contributed by atoms with Crippen molar-refractivity contribution in [1.82, 2.24) is 14.9 Å². The van der Waals surface area contributed by atoms with Crippen molar-refractivity contribution < 1.29 is 4.79 Å². The van der Waals surface area contributed by atoms with Crippen LogP contribution in [0, 0.1) is 0 Å². The Bertz CT molecular complexity index is 906. The van der Waals surface area contributed by atoms with Crippen molar-refractivity contribution >= 4 is 35.0 Å². The van der Waals surface area contributed by atoms with Crippen LogP contribution >= 0.6 is 12.4 Å². The van der Waals surface area contributed by atoms with Gasteiger partial charge >= 0.3 is 0 Å². The number of anilines is 1. The number of nitrogens with one attached hydrogen (secondary N) is 2. The summed E-state index contributed by atoms with van der Waals surface area (Å²) >= 11 is 0. The first-order chi connectivity index (χ1) is 13.2. The van der Waals surface area contributed by atoms with Gasteiger partial charge in [-0.1, -0.05) is 30.7 Å². The van der Waals surface area contributed by atoms with Crippen LogP contribution in [0.25, 0.3) is 22.4 Å². The standard InChI is InChI=1S/C22H26N4O.ClH/c1-16-8-6-7-14-26(16)15-13-21(27)23-18-10-3-2-9-17(18)22-24-19-11-4-5-12-20(19)25-22;/h2-5,9-12,16H,6-8,13-15H2,1H3,(H,23,27)(H,24,25);1H. The smallest absolute Gasteiger partial charge is 0.225 e. The molecule has 1 atom stereocenters. The summed E-state index contributed by atoms with van der Waals surface area (Å²) < 4.78 is 0. The first kappa shape index (κ1) is 20.4. The fourth-order valence-corrected chi connectivity index (χ4v) is 3.83. The van der Waals surface area contributed by atoms with Gasteiger partial charge in [0, 0.05) is 24.6 Å². The summed E-state index contributed by atoms with van der Waals surface area (Å²) in [4.78, 5) is 23.0. The number of benzene rings is 2. The minimum atomic E-state index is 0. The maximum Gasteiger partial charge on any atom is 0.225 e. The number of halogens is 1. The van der Waals surface area contributed by atoms with Gasteiger partial charge in [-0.15, -0.1) is 12.4 Å². The van der Waals surface area contributed by atoms with E-state index in [0.717, 1.165) is 41.2 Å². The van der Waals surface area contributed by atoms with Crippen LogP contribution in [0.1, 0.15) is 32.6 Å². The Morgan fingerprint density at radius 2 is 1.96 bits per heavy atom. The van der Waals surface area contributed by atoms with Gasteiger partial charge in [0.25, 0.3) is 0 Å². The minimum Gasteiger partial charge on any atom is -0.338 e. The third-order valence-electron chi connectivity index (χ3n) is 5.41. The zero-order valence-corrected chi connectivity index (χ0v) is 17.0. The molecule has 0 bridgehead atoms. The van der Waals surface area contributed by atoms with Gasteiger partial charge < -0.3 is 15.2 Å². The molecule has 6 heteroatoms. The second kappa shape index (κ2) is 9.22. The van der Waals surface area contributed by atoms with E-state index in [1.165, 1.54) is 19.3 Å². The monoisotopic (exact) mass is 398 g/mol. The number of carbonyl (C=O) groups is 1. The van der Waals surface area contributed by atoms with E-state index >= 15 is 0 Å². The maximum atomic E-state index is 12.5. The summed E-state index contributed by atoms with van der Waals surface area (Å²) in [5.74, 6) is 0.827. The van der Waals surface area contributed by atoms with Crippen LogP contribution in [-0.2, 0) is 4.79 Å². The molecule has 0 aliphatic carbocycles. The number of para-hydroxylation sites is 3. The molecular formula is C22H27ClN4O. The summed E-state index contributed by atoms with van der Waals surface area (Å²) in [7, 11) is 0. The molecule has 2 aromatic carbocycles. The van der Waals surface area contributed by atoms with Gasteiger partial charge in [-0.05, 0) is 50.6 Å². The van der Waals surface area contributed by atoms with E-state index in [4.69, 9.17) is 0 Å². The van der Waals surface area contributed by atoms with Crippen LogP contribution in [-0.4, -0.2) is 39.9 Å². The third kappa shape index (κ3) is 4.54. The number of likely N-dealkylation sites (tertiary alicyclic amines) is 1. The molecule has 0 spiro atoms. The largest absolute Gasteiger partial charge is 0.338 e.